The summed E-state index contributed by atoms with van der Waals surface area (Å²) in [5, 5.41) is 14.0. The molecule has 4 rings (SSSR count). The van der Waals surface area contributed by atoms with Crippen LogP contribution < -0.4 is 5.32 Å². The summed E-state index contributed by atoms with van der Waals surface area (Å²) in [5.41, 5.74) is 1.59. The monoisotopic (exact) mass is 353 g/mol. The van der Waals surface area contributed by atoms with Crippen molar-refractivity contribution in [1.29, 1.82) is 0 Å². The molecule has 10 heteroatoms. The summed E-state index contributed by atoms with van der Waals surface area (Å²) in [6.07, 6.45) is 10.5. The molecule has 3 aromatic heterocycles. The molecule has 3 heterocycles. The van der Waals surface area contributed by atoms with Crippen molar-refractivity contribution in [3.8, 4) is 11.5 Å². The number of aryl methyl sites for hydroxylation is 1. The quantitative estimate of drug-likeness (QED) is 0.679. The van der Waals surface area contributed by atoms with Crippen molar-refractivity contribution in [2.75, 3.05) is 0 Å². The van der Waals surface area contributed by atoms with Gasteiger partial charge in [0.1, 0.15) is 11.5 Å². The van der Waals surface area contributed by atoms with Gasteiger partial charge in [-0.2, -0.15) is 10.2 Å². The number of carbonyl (C=O) groups is 1. The summed E-state index contributed by atoms with van der Waals surface area (Å²) >= 11 is 0. The lowest BCUT2D eigenvalue weighted by molar-refractivity contribution is 0.191. The molecule has 0 aromatic carbocycles. The Morgan fingerprint density at radius 2 is 2.27 bits per heavy atom. The first-order valence-corrected chi connectivity index (χ1v) is 8.38. The first-order chi connectivity index (χ1) is 12.7. The normalized spacial score (nSPS) is 13.6. The van der Waals surface area contributed by atoms with Crippen LogP contribution in [0.3, 0.4) is 0 Å². The van der Waals surface area contributed by atoms with E-state index >= 15 is 0 Å². The number of nitrogens with zero attached hydrogens (tertiary/aromatic N) is 7. The molecule has 1 fully saturated rings. The minimum absolute atomic E-state index is 0.117. The first-order valence-electron chi connectivity index (χ1n) is 8.38. The van der Waals surface area contributed by atoms with E-state index in [2.05, 4.69) is 35.6 Å². The fourth-order valence-electron chi connectivity index (χ4n) is 2.67. The molecule has 1 aliphatic carbocycles. The largest absolute Gasteiger partial charge is 0.331 e. The van der Waals surface area contributed by atoms with Gasteiger partial charge in [-0.05, 0) is 12.8 Å². The molecule has 1 aliphatic rings. The second-order valence-corrected chi connectivity index (χ2v) is 6.24. The van der Waals surface area contributed by atoms with Gasteiger partial charge >= 0.3 is 6.03 Å². The Morgan fingerprint density at radius 1 is 1.38 bits per heavy atom. The minimum atomic E-state index is -0.117. The zero-order valence-electron chi connectivity index (χ0n) is 14.3. The van der Waals surface area contributed by atoms with Crippen LogP contribution in [-0.4, -0.2) is 51.9 Å². The maximum atomic E-state index is 12.6. The number of urea groups is 1. The Bertz CT molecular complexity index is 884. The summed E-state index contributed by atoms with van der Waals surface area (Å²) in [6, 6.07) is 0.175. The van der Waals surface area contributed by atoms with Crippen molar-refractivity contribution in [1.82, 2.24) is 45.1 Å². The van der Waals surface area contributed by atoms with Crippen LogP contribution in [0.5, 0.6) is 0 Å². The molecular weight excluding hydrogens is 334 g/mol. The molecule has 10 nitrogen and oxygen atoms in total. The van der Waals surface area contributed by atoms with E-state index in [1.807, 2.05) is 18.1 Å². The molecule has 0 unspecified atom stereocenters. The highest BCUT2D eigenvalue weighted by Gasteiger charge is 2.32. The van der Waals surface area contributed by atoms with Gasteiger partial charge in [0.25, 0.3) is 0 Å². The molecule has 0 bridgehead atoms. The van der Waals surface area contributed by atoms with Crippen LogP contribution in [0.2, 0.25) is 0 Å². The van der Waals surface area contributed by atoms with Crippen LogP contribution in [0.15, 0.2) is 31.0 Å². The third kappa shape index (κ3) is 3.68. The van der Waals surface area contributed by atoms with Gasteiger partial charge in [-0.25, -0.2) is 14.8 Å². The lowest BCUT2D eigenvalue weighted by Gasteiger charge is -2.21. The average molecular weight is 353 g/mol. The van der Waals surface area contributed by atoms with Crippen molar-refractivity contribution < 1.29 is 4.79 Å². The molecule has 2 N–H and O–H groups in total. The molecule has 0 spiro atoms. The van der Waals surface area contributed by atoms with E-state index in [4.69, 9.17) is 0 Å². The van der Waals surface area contributed by atoms with Crippen molar-refractivity contribution in [3.05, 3.63) is 42.4 Å². The molecule has 0 aliphatic heterocycles. The van der Waals surface area contributed by atoms with Crippen LogP contribution in [0, 0.1) is 0 Å². The van der Waals surface area contributed by atoms with Crippen LogP contribution in [0.1, 0.15) is 24.2 Å². The Kier molecular flexibility index (Phi) is 4.30. The fraction of sp³-hybridized carbons (Fsp3) is 0.375. The highest BCUT2D eigenvalue weighted by atomic mass is 16.2. The second-order valence-electron chi connectivity index (χ2n) is 6.24. The molecule has 26 heavy (non-hydrogen) atoms. The Balaban J connectivity index is 1.37. The number of aromatic amines is 1. The van der Waals surface area contributed by atoms with E-state index in [-0.39, 0.29) is 12.6 Å². The zero-order valence-corrected chi connectivity index (χ0v) is 14.3. The molecule has 0 radical (unpaired) electrons. The Labute approximate surface area is 149 Å². The van der Waals surface area contributed by atoms with Gasteiger partial charge in [-0.15, -0.1) is 0 Å². The number of hydrogen-bond donors (Lipinski definition) is 2. The van der Waals surface area contributed by atoms with Crippen molar-refractivity contribution in [2.24, 2.45) is 7.05 Å². The van der Waals surface area contributed by atoms with Gasteiger partial charge in [0.2, 0.25) is 5.82 Å². The first kappa shape index (κ1) is 16.2. The number of amides is 2. The molecular formula is C16H19N9O. The van der Waals surface area contributed by atoms with Gasteiger partial charge in [0.15, 0.2) is 0 Å². The zero-order chi connectivity index (χ0) is 17.9. The van der Waals surface area contributed by atoms with Crippen LogP contribution in [0.4, 0.5) is 4.79 Å². The van der Waals surface area contributed by atoms with Crippen LogP contribution in [-0.2, 0) is 20.1 Å². The van der Waals surface area contributed by atoms with E-state index in [9.17, 15) is 4.79 Å². The Hall–Kier alpha value is -3.30. The molecule has 3 aromatic rings. The molecule has 2 amide bonds. The van der Waals surface area contributed by atoms with Crippen molar-refractivity contribution >= 4 is 6.03 Å². The van der Waals surface area contributed by atoms with E-state index < -0.39 is 0 Å². The summed E-state index contributed by atoms with van der Waals surface area (Å²) in [4.78, 5) is 26.9. The number of aromatic nitrogens is 7. The third-order valence-corrected chi connectivity index (χ3v) is 4.09. The predicted molar refractivity (Wildman–Crippen MR) is 91.4 cm³/mol. The highest BCUT2D eigenvalue weighted by Crippen LogP contribution is 2.28. The van der Waals surface area contributed by atoms with E-state index in [0.29, 0.717) is 29.9 Å². The SMILES string of the molecule is Cn1cc(CN(C(=O)NCc2nc(-c3cnccn3)n[nH]2)C2CC2)cn1. The summed E-state index contributed by atoms with van der Waals surface area (Å²) in [6.45, 7) is 0.813. The molecule has 1 saturated carbocycles. The summed E-state index contributed by atoms with van der Waals surface area (Å²) in [5.74, 6) is 1.02. The van der Waals surface area contributed by atoms with Gasteiger partial charge in [-0.3, -0.25) is 14.8 Å². The van der Waals surface area contributed by atoms with E-state index in [1.165, 1.54) is 0 Å². The summed E-state index contributed by atoms with van der Waals surface area (Å²) in [7, 11) is 1.86. The lowest BCUT2D eigenvalue weighted by atomic mass is 10.3. The molecule has 0 saturated heterocycles. The smallest absolute Gasteiger partial charge is 0.318 e. The van der Waals surface area contributed by atoms with Crippen molar-refractivity contribution in [3.63, 3.8) is 0 Å². The number of H-pyrrole nitrogens is 1. The van der Waals surface area contributed by atoms with Gasteiger partial charge < -0.3 is 10.2 Å². The number of hydrogen-bond acceptors (Lipinski definition) is 6. The molecule has 134 valence electrons. The fourth-order valence-corrected chi connectivity index (χ4v) is 2.67. The summed E-state index contributed by atoms with van der Waals surface area (Å²) < 4.78 is 1.74. The van der Waals surface area contributed by atoms with Gasteiger partial charge in [0, 0.05) is 37.2 Å². The maximum Gasteiger partial charge on any atom is 0.318 e. The Morgan fingerprint density at radius 3 is 2.96 bits per heavy atom. The topological polar surface area (TPSA) is 118 Å². The highest BCUT2D eigenvalue weighted by molar-refractivity contribution is 5.74. The number of rotatable bonds is 6. The van der Waals surface area contributed by atoms with Gasteiger partial charge in [0.05, 0.1) is 25.5 Å². The second kappa shape index (κ2) is 6.90. The van der Waals surface area contributed by atoms with Crippen LogP contribution >= 0.6 is 0 Å². The molecule has 0 atom stereocenters. The van der Waals surface area contributed by atoms with E-state index in [0.717, 1.165) is 18.4 Å². The van der Waals surface area contributed by atoms with Gasteiger partial charge in [-0.1, -0.05) is 0 Å². The minimum Gasteiger partial charge on any atom is -0.331 e. The number of carbonyl (C=O) groups excluding carboxylic acids is 1. The average Bonchev–Trinajstić information content (AvgIpc) is 3.24. The standard InChI is InChI=1S/C16H19N9O/c1-24-9-11(6-20-24)10-25(12-2-3-12)16(26)19-8-14-21-15(23-22-14)13-7-17-4-5-18-13/h4-7,9,12H,2-3,8,10H2,1H3,(H,19,26)(H,21,22,23). The van der Waals surface area contributed by atoms with Crippen molar-refractivity contribution in [2.45, 2.75) is 32.0 Å². The lowest BCUT2D eigenvalue weighted by Crippen LogP contribution is -2.40. The number of nitrogens with one attached hydrogen (secondary N) is 2. The predicted octanol–water partition coefficient (Wildman–Crippen LogP) is 0.869. The maximum absolute atomic E-state index is 12.6. The third-order valence-electron chi connectivity index (χ3n) is 4.09. The van der Waals surface area contributed by atoms with Crippen LogP contribution in [0.25, 0.3) is 11.5 Å². The van der Waals surface area contributed by atoms with E-state index in [1.54, 1.807) is 29.5 Å².